The molecule has 0 aromatic heterocycles. The summed E-state index contributed by atoms with van der Waals surface area (Å²) in [6.45, 7) is -3.76. The number of esters is 1. The maximum Gasteiger partial charge on any atom is 0.387 e. The number of anilines is 1. The van der Waals surface area contributed by atoms with Crippen LogP contribution in [-0.2, 0) is 14.3 Å². The molecule has 0 atom stereocenters. The van der Waals surface area contributed by atoms with Crippen LogP contribution >= 0.6 is 15.9 Å². The van der Waals surface area contributed by atoms with Crippen LogP contribution in [0.5, 0.6) is 5.75 Å². The number of ether oxygens (including phenoxy) is 2. The molecule has 1 heterocycles. The van der Waals surface area contributed by atoms with E-state index in [1.54, 1.807) is 0 Å². The summed E-state index contributed by atoms with van der Waals surface area (Å²) in [5.41, 5.74) is -0.452. The molecule has 0 unspecified atom stereocenters. The van der Waals surface area contributed by atoms with Gasteiger partial charge in [-0.3, -0.25) is 4.79 Å². The predicted molar refractivity (Wildman–Crippen MR) is 87.1 cm³/mol. The molecule has 1 amide bonds. The number of β-amino-alcohol motifs (C(OH)–C–C–N with tert-alkyl or cyclic N) is 1. The second-order valence-corrected chi connectivity index (χ2v) is 5.83. The molecular weight excluding hydrogens is 425 g/mol. The topological polar surface area (TPSA) is 88.1 Å². The molecule has 0 spiro atoms. The van der Waals surface area contributed by atoms with Gasteiger partial charge in [-0.2, -0.15) is 8.78 Å². The molecule has 0 radical (unpaired) electrons. The molecule has 7 nitrogen and oxygen atoms in total. The third-order valence-electron chi connectivity index (χ3n) is 3.47. The van der Waals surface area contributed by atoms with Crippen molar-refractivity contribution in [1.29, 1.82) is 0 Å². The van der Waals surface area contributed by atoms with E-state index in [4.69, 9.17) is 5.11 Å². The first-order chi connectivity index (χ1) is 12.3. The Kier molecular flexibility index (Phi) is 6.48. The van der Waals surface area contributed by atoms with E-state index in [2.05, 4.69) is 30.7 Å². The fourth-order valence-corrected chi connectivity index (χ4v) is 2.76. The first-order valence-corrected chi connectivity index (χ1v) is 8.00. The Labute approximate surface area is 154 Å². The SMILES string of the molecule is COC(=O)C1=C(Nc2ccc(F)c(Br)c2OC(F)F)C(=O)N(CCO)C1. The van der Waals surface area contributed by atoms with Crippen LogP contribution < -0.4 is 10.1 Å². The van der Waals surface area contributed by atoms with Crippen molar-refractivity contribution >= 4 is 33.5 Å². The molecule has 1 aromatic carbocycles. The largest absolute Gasteiger partial charge is 0.466 e. The van der Waals surface area contributed by atoms with Gasteiger partial charge in [-0.05, 0) is 28.1 Å². The molecule has 1 aromatic rings. The fraction of sp³-hybridized carbons (Fsp3) is 0.333. The van der Waals surface area contributed by atoms with Crippen molar-refractivity contribution in [3.63, 3.8) is 0 Å². The quantitative estimate of drug-likeness (QED) is 0.631. The first-order valence-electron chi connectivity index (χ1n) is 7.21. The third-order valence-corrected chi connectivity index (χ3v) is 4.21. The zero-order chi connectivity index (χ0) is 19.4. The summed E-state index contributed by atoms with van der Waals surface area (Å²) in [4.78, 5) is 25.5. The Morgan fingerprint density at radius 3 is 2.73 bits per heavy atom. The van der Waals surface area contributed by atoms with Gasteiger partial charge in [0.1, 0.15) is 11.5 Å². The molecule has 2 rings (SSSR count). The van der Waals surface area contributed by atoms with Gasteiger partial charge in [0.25, 0.3) is 5.91 Å². The highest BCUT2D eigenvalue weighted by molar-refractivity contribution is 9.10. The number of nitrogens with zero attached hydrogens (tertiary/aromatic N) is 1. The van der Waals surface area contributed by atoms with Crippen molar-refractivity contribution in [2.75, 3.05) is 32.1 Å². The number of nitrogens with one attached hydrogen (secondary N) is 1. The van der Waals surface area contributed by atoms with Gasteiger partial charge in [0, 0.05) is 6.54 Å². The van der Waals surface area contributed by atoms with Gasteiger partial charge in [-0.25, -0.2) is 9.18 Å². The second-order valence-electron chi connectivity index (χ2n) is 5.04. The summed E-state index contributed by atoms with van der Waals surface area (Å²) in [6, 6.07) is 2.05. The summed E-state index contributed by atoms with van der Waals surface area (Å²) >= 11 is 2.81. The Balaban J connectivity index is 2.45. The molecular formula is C15H14BrF3N2O5. The van der Waals surface area contributed by atoms with Crippen LogP contribution in [0.1, 0.15) is 0 Å². The van der Waals surface area contributed by atoms with E-state index in [1.165, 1.54) is 4.90 Å². The third kappa shape index (κ3) is 4.10. The minimum atomic E-state index is -3.24. The van der Waals surface area contributed by atoms with Crippen LogP contribution in [0, 0.1) is 5.82 Å². The van der Waals surface area contributed by atoms with Gasteiger partial charge < -0.3 is 24.8 Å². The van der Waals surface area contributed by atoms with Gasteiger partial charge >= 0.3 is 12.6 Å². The Bertz CT molecular complexity index is 757. The second kappa shape index (κ2) is 8.41. The maximum atomic E-state index is 13.6. The summed E-state index contributed by atoms with van der Waals surface area (Å²) in [6.07, 6.45) is 0. The van der Waals surface area contributed by atoms with E-state index >= 15 is 0 Å². The van der Waals surface area contributed by atoms with Gasteiger partial charge in [-0.15, -0.1) is 0 Å². The molecule has 0 bridgehead atoms. The van der Waals surface area contributed by atoms with Gasteiger partial charge in [-0.1, -0.05) is 0 Å². The number of hydrogen-bond acceptors (Lipinski definition) is 6. The van der Waals surface area contributed by atoms with Gasteiger partial charge in [0.15, 0.2) is 5.75 Å². The average molecular weight is 439 g/mol. The summed E-state index contributed by atoms with van der Waals surface area (Å²) in [5, 5.41) is 11.5. The number of rotatable bonds is 7. The molecule has 1 aliphatic heterocycles. The molecule has 2 N–H and O–H groups in total. The molecule has 11 heteroatoms. The monoisotopic (exact) mass is 438 g/mol. The number of benzene rings is 1. The number of amides is 1. The highest BCUT2D eigenvalue weighted by Crippen LogP contribution is 2.38. The minimum Gasteiger partial charge on any atom is -0.466 e. The summed E-state index contributed by atoms with van der Waals surface area (Å²) in [5.74, 6) is -2.88. The fourth-order valence-electron chi connectivity index (χ4n) is 2.32. The number of halogens is 4. The lowest BCUT2D eigenvalue weighted by atomic mass is 10.2. The van der Waals surface area contributed by atoms with Crippen LogP contribution in [0.3, 0.4) is 0 Å². The van der Waals surface area contributed by atoms with E-state index < -0.39 is 30.1 Å². The average Bonchev–Trinajstić information content (AvgIpc) is 2.90. The van der Waals surface area contributed by atoms with Crippen molar-refractivity contribution < 1.29 is 37.3 Å². The van der Waals surface area contributed by atoms with E-state index in [0.29, 0.717) is 0 Å². The number of alkyl halides is 2. The Morgan fingerprint density at radius 2 is 2.15 bits per heavy atom. The number of aliphatic hydroxyl groups is 1. The maximum absolute atomic E-state index is 13.6. The number of methoxy groups -OCH3 is 1. The van der Waals surface area contributed by atoms with Crippen molar-refractivity contribution in [3.05, 3.63) is 33.7 Å². The standard InChI is InChI=1S/C15H14BrF3N2O5/c1-25-14(24)7-6-21(4-5-22)13(23)11(7)20-9-3-2-8(17)10(16)12(9)26-15(18)19/h2-3,15,20,22H,4-6H2,1H3. The zero-order valence-electron chi connectivity index (χ0n) is 13.4. The van der Waals surface area contributed by atoms with Crippen molar-refractivity contribution in [2.45, 2.75) is 6.61 Å². The number of aliphatic hydroxyl groups excluding tert-OH is 1. The molecule has 0 fully saturated rings. The lowest BCUT2D eigenvalue weighted by Gasteiger charge is -2.17. The number of hydrogen-bond donors (Lipinski definition) is 2. The van der Waals surface area contributed by atoms with Crippen LogP contribution in [-0.4, -0.2) is 55.3 Å². The van der Waals surface area contributed by atoms with Crippen LogP contribution in [0.2, 0.25) is 0 Å². The van der Waals surface area contributed by atoms with E-state index in [0.717, 1.165) is 19.2 Å². The number of carbonyl (C=O) groups is 2. The van der Waals surface area contributed by atoms with Crippen LogP contribution in [0.4, 0.5) is 18.9 Å². The molecule has 0 saturated heterocycles. The van der Waals surface area contributed by atoms with Gasteiger partial charge in [0.05, 0.1) is 36.0 Å². The summed E-state index contributed by atoms with van der Waals surface area (Å²) in [7, 11) is 1.12. The smallest absolute Gasteiger partial charge is 0.387 e. The Hall–Kier alpha value is -2.27. The van der Waals surface area contributed by atoms with Crippen molar-refractivity contribution in [2.24, 2.45) is 0 Å². The van der Waals surface area contributed by atoms with Crippen molar-refractivity contribution in [3.8, 4) is 5.75 Å². The molecule has 0 saturated carbocycles. The lowest BCUT2D eigenvalue weighted by molar-refractivity contribution is -0.136. The zero-order valence-corrected chi connectivity index (χ0v) is 15.0. The summed E-state index contributed by atoms with van der Waals surface area (Å²) < 4.78 is 47.5. The van der Waals surface area contributed by atoms with Crippen molar-refractivity contribution in [1.82, 2.24) is 4.90 Å². The molecule has 26 heavy (non-hydrogen) atoms. The van der Waals surface area contributed by atoms with E-state index in [9.17, 15) is 22.8 Å². The Morgan fingerprint density at radius 1 is 1.46 bits per heavy atom. The highest BCUT2D eigenvalue weighted by Gasteiger charge is 2.35. The van der Waals surface area contributed by atoms with Crippen LogP contribution in [0.25, 0.3) is 0 Å². The van der Waals surface area contributed by atoms with E-state index in [-0.39, 0.29) is 41.1 Å². The molecule has 1 aliphatic rings. The first kappa shape index (κ1) is 20.0. The predicted octanol–water partition coefficient (Wildman–Crippen LogP) is 1.86. The molecule has 142 valence electrons. The number of carbonyl (C=O) groups excluding carboxylic acids is 2. The van der Waals surface area contributed by atoms with Gasteiger partial charge in [0.2, 0.25) is 0 Å². The van der Waals surface area contributed by atoms with E-state index in [1.807, 2.05) is 0 Å². The van der Waals surface area contributed by atoms with Crippen LogP contribution in [0.15, 0.2) is 27.9 Å². The highest BCUT2D eigenvalue weighted by atomic mass is 79.9. The lowest BCUT2D eigenvalue weighted by Crippen LogP contribution is -2.31. The molecule has 0 aliphatic carbocycles. The minimum absolute atomic E-state index is 0.0436. The normalized spacial score (nSPS) is 14.3.